The Morgan fingerprint density at radius 3 is 2.60 bits per heavy atom. The zero-order valence-electron chi connectivity index (χ0n) is 8.54. The summed E-state index contributed by atoms with van der Waals surface area (Å²) in [6.07, 6.45) is 0.238. The van der Waals surface area contributed by atoms with Gasteiger partial charge in [-0.25, -0.2) is 4.79 Å². The molecule has 0 heterocycles. The van der Waals surface area contributed by atoms with Crippen molar-refractivity contribution in [2.45, 2.75) is 6.32 Å². The van der Waals surface area contributed by atoms with Crippen molar-refractivity contribution in [2.75, 3.05) is 14.2 Å². The number of esters is 1. The Balaban J connectivity index is 3.30. The van der Waals surface area contributed by atoms with E-state index < -0.39 is 5.97 Å². The summed E-state index contributed by atoms with van der Waals surface area (Å²) in [6, 6.07) is 3.33. The first-order valence-electron chi connectivity index (χ1n) is 4.29. The summed E-state index contributed by atoms with van der Waals surface area (Å²) in [5, 5.41) is 0. The Labute approximate surface area is 98.3 Å². The molecular formula is C10H10BBrO3. The summed E-state index contributed by atoms with van der Waals surface area (Å²) in [4.78, 5) is 11.4. The third-order valence-electron chi connectivity index (χ3n) is 2.04. The highest BCUT2D eigenvalue weighted by molar-refractivity contribution is 9.10. The molecular weight excluding hydrogens is 259 g/mol. The van der Waals surface area contributed by atoms with E-state index >= 15 is 0 Å². The van der Waals surface area contributed by atoms with Crippen LogP contribution in [0, 0.1) is 0 Å². The summed E-state index contributed by atoms with van der Waals surface area (Å²) in [7, 11) is 8.46. The number of carbonyl (C=O) groups is 1. The maximum atomic E-state index is 11.4. The van der Waals surface area contributed by atoms with Gasteiger partial charge in [0, 0.05) is 0 Å². The van der Waals surface area contributed by atoms with Crippen molar-refractivity contribution in [3.05, 3.63) is 27.7 Å². The van der Waals surface area contributed by atoms with E-state index in [0.29, 0.717) is 21.3 Å². The van der Waals surface area contributed by atoms with Gasteiger partial charge in [-0.2, -0.15) is 0 Å². The predicted octanol–water partition coefficient (Wildman–Crippen LogP) is 1.91. The second-order valence-electron chi connectivity index (χ2n) is 2.80. The zero-order valence-corrected chi connectivity index (χ0v) is 10.1. The molecule has 78 valence electrons. The number of methoxy groups -OCH3 is 2. The Hall–Kier alpha value is -0.965. The van der Waals surface area contributed by atoms with E-state index in [0.717, 1.165) is 0 Å². The van der Waals surface area contributed by atoms with Crippen LogP contribution in [-0.4, -0.2) is 28.0 Å². The molecule has 0 amide bonds. The van der Waals surface area contributed by atoms with Gasteiger partial charge < -0.3 is 9.47 Å². The molecule has 0 bridgehead atoms. The van der Waals surface area contributed by atoms with E-state index in [-0.39, 0.29) is 6.32 Å². The van der Waals surface area contributed by atoms with Gasteiger partial charge in [0.1, 0.15) is 5.75 Å². The van der Waals surface area contributed by atoms with Gasteiger partial charge in [-0.1, -0.05) is 6.32 Å². The van der Waals surface area contributed by atoms with Gasteiger partial charge in [-0.3, -0.25) is 0 Å². The van der Waals surface area contributed by atoms with Crippen LogP contribution in [-0.2, 0) is 11.1 Å². The number of hydrogen-bond donors (Lipinski definition) is 0. The molecule has 0 unspecified atom stereocenters. The van der Waals surface area contributed by atoms with Gasteiger partial charge in [0.25, 0.3) is 0 Å². The van der Waals surface area contributed by atoms with Crippen LogP contribution < -0.4 is 4.74 Å². The third-order valence-corrected chi connectivity index (χ3v) is 2.91. The molecule has 1 aromatic carbocycles. The minimum Gasteiger partial charge on any atom is -0.496 e. The average Bonchev–Trinajstić information content (AvgIpc) is 2.27. The molecule has 3 nitrogen and oxygen atoms in total. The molecule has 0 aromatic heterocycles. The Morgan fingerprint density at radius 2 is 2.13 bits per heavy atom. The largest absolute Gasteiger partial charge is 0.496 e. The summed E-state index contributed by atoms with van der Waals surface area (Å²) in [5.41, 5.74) is 1.13. The van der Waals surface area contributed by atoms with Crippen LogP contribution in [0.25, 0.3) is 0 Å². The van der Waals surface area contributed by atoms with Crippen LogP contribution in [0.5, 0.6) is 5.75 Å². The van der Waals surface area contributed by atoms with E-state index in [1.54, 1.807) is 19.2 Å². The number of halogens is 1. The molecule has 0 aliphatic rings. The van der Waals surface area contributed by atoms with Crippen LogP contribution >= 0.6 is 15.9 Å². The Kier molecular flexibility index (Phi) is 4.21. The molecule has 0 fully saturated rings. The standard InChI is InChI=1S/C10H10BBrO3/c1-14-8-4-3-6(10(13)15-2)7(5-11)9(8)12/h3-4H,5H2,1-2H3. The molecule has 0 saturated carbocycles. The SMILES string of the molecule is [B]Cc1c(C(=O)OC)ccc(OC)c1Br. The first kappa shape index (κ1) is 12.1. The molecule has 1 rings (SSSR count). The second-order valence-corrected chi connectivity index (χ2v) is 3.60. The fourth-order valence-corrected chi connectivity index (χ4v) is 1.93. The highest BCUT2D eigenvalue weighted by Crippen LogP contribution is 2.31. The van der Waals surface area contributed by atoms with E-state index in [1.165, 1.54) is 7.11 Å². The second kappa shape index (κ2) is 5.21. The van der Waals surface area contributed by atoms with Crippen molar-refractivity contribution < 1.29 is 14.3 Å². The fraction of sp³-hybridized carbons (Fsp3) is 0.300. The maximum absolute atomic E-state index is 11.4. The molecule has 0 spiro atoms. The summed E-state index contributed by atoms with van der Waals surface area (Å²) in [6.45, 7) is 0. The van der Waals surface area contributed by atoms with Crippen molar-refractivity contribution >= 4 is 29.7 Å². The van der Waals surface area contributed by atoms with Gasteiger partial charge >= 0.3 is 5.97 Å². The molecule has 5 heteroatoms. The molecule has 15 heavy (non-hydrogen) atoms. The van der Waals surface area contributed by atoms with Crippen molar-refractivity contribution in [3.8, 4) is 5.75 Å². The first-order valence-corrected chi connectivity index (χ1v) is 5.08. The van der Waals surface area contributed by atoms with Crippen molar-refractivity contribution in [3.63, 3.8) is 0 Å². The van der Waals surface area contributed by atoms with Crippen molar-refractivity contribution in [1.82, 2.24) is 0 Å². The number of rotatable bonds is 3. The number of benzene rings is 1. The molecule has 0 atom stereocenters. The topological polar surface area (TPSA) is 35.5 Å². The molecule has 0 N–H and O–H groups in total. The number of carbonyl (C=O) groups excluding carboxylic acids is 1. The Morgan fingerprint density at radius 1 is 1.47 bits per heavy atom. The minimum absolute atomic E-state index is 0.238. The average molecular weight is 269 g/mol. The highest BCUT2D eigenvalue weighted by atomic mass is 79.9. The highest BCUT2D eigenvalue weighted by Gasteiger charge is 2.15. The van der Waals surface area contributed by atoms with Crippen LogP contribution in [0.4, 0.5) is 0 Å². The summed E-state index contributed by atoms with van der Waals surface area (Å²) < 4.78 is 10.4. The maximum Gasteiger partial charge on any atom is 0.338 e. The van der Waals surface area contributed by atoms with E-state index in [4.69, 9.17) is 12.6 Å². The molecule has 0 aliphatic carbocycles. The van der Waals surface area contributed by atoms with Gasteiger partial charge in [0.15, 0.2) is 0 Å². The van der Waals surface area contributed by atoms with Crippen LogP contribution in [0.1, 0.15) is 15.9 Å². The van der Waals surface area contributed by atoms with E-state index in [1.807, 2.05) is 0 Å². The van der Waals surface area contributed by atoms with E-state index in [2.05, 4.69) is 20.7 Å². The molecule has 0 saturated heterocycles. The van der Waals surface area contributed by atoms with Gasteiger partial charge in [0.05, 0.1) is 32.1 Å². The fourth-order valence-electron chi connectivity index (χ4n) is 1.26. The van der Waals surface area contributed by atoms with Gasteiger partial charge in [0.2, 0.25) is 0 Å². The normalized spacial score (nSPS) is 9.80. The van der Waals surface area contributed by atoms with Gasteiger partial charge in [-0.05, 0) is 33.6 Å². The lowest BCUT2D eigenvalue weighted by molar-refractivity contribution is 0.0599. The van der Waals surface area contributed by atoms with E-state index in [9.17, 15) is 4.79 Å². The van der Waals surface area contributed by atoms with Crippen LogP contribution in [0.3, 0.4) is 0 Å². The number of hydrogen-bond acceptors (Lipinski definition) is 3. The van der Waals surface area contributed by atoms with Crippen LogP contribution in [0.2, 0.25) is 0 Å². The quantitative estimate of drug-likeness (QED) is 0.621. The molecule has 0 aliphatic heterocycles. The lowest BCUT2D eigenvalue weighted by Gasteiger charge is -2.11. The predicted molar refractivity (Wildman–Crippen MR) is 61.5 cm³/mol. The smallest absolute Gasteiger partial charge is 0.338 e. The summed E-state index contributed by atoms with van der Waals surface area (Å²) >= 11 is 3.34. The lowest BCUT2D eigenvalue weighted by Crippen LogP contribution is -2.07. The third kappa shape index (κ3) is 2.34. The Bertz CT molecular complexity index is 379. The molecule has 2 radical (unpaired) electrons. The van der Waals surface area contributed by atoms with Crippen LogP contribution in [0.15, 0.2) is 16.6 Å². The minimum atomic E-state index is -0.404. The zero-order chi connectivity index (χ0) is 11.4. The van der Waals surface area contributed by atoms with Crippen molar-refractivity contribution in [2.24, 2.45) is 0 Å². The number of ether oxygens (including phenoxy) is 2. The lowest BCUT2D eigenvalue weighted by atomic mass is 9.92. The monoisotopic (exact) mass is 268 g/mol. The summed E-state index contributed by atoms with van der Waals surface area (Å²) in [5.74, 6) is 0.238. The van der Waals surface area contributed by atoms with Gasteiger partial charge in [-0.15, -0.1) is 0 Å². The molecule has 1 aromatic rings. The van der Waals surface area contributed by atoms with Crippen molar-refractivity contribution in [1.29, 1.82) is 0 Å². The first-order chi connectivity index (χ1) is 7.15.